The number of nitriles is 1. The molecular weight excluding hydrogens is 499 g/mol. The predicted molar refractivity (Wildman–Crippen MR) is 133 cm³/mol. The van der Waals surface area contributed by atoms with Crippen molar-refractivity contribution >= 4 is 16.7 Å². The molecule has 13 heteroatoms. The van der Waals surface area contributed by atoms with Crippen LogP contribution in [-0.2, 0) is 18.8 Å². The summed E-state index contributed by atoms with van der Waals surface area (Å²) in [5.74, 6) is 0.456. The van der Waals surface area contributed by atoms with E-state index in [0.717, 1.165) is 27.3 Å². The normalized spacial score (nSPS) is 18.5. The van der Waals surface area contributed by atoms with Gasteiger partial charge in [-0.1, -0.05) is 0 Å². The molecular formula is C25H28F3N9O. The van der Waals surface area contributed by atoms with Crippen molar-refractivity contribution in [3.05, 3.63) is 36.5 Å². The first-order valence-corrected chi connectivity index (χ1v) is 12.3. The van der Waals surface area contributed by atoms with Gasteiger partial charge in [0.2, 0.25) is 0 Å². The third kappa shape index (κ3) is 4.55. The molecule has 4 aromatic rings. The quantitative estimate of drug-likeness (QED) is 0.379. The fraction of sp³-hybridized carbons (Fsp3) is 0.480. The average molecular weight is 528 g/mol. The number of nitrogens with one attached hydrogen (secondary N) is 1. The Bertz CT molecular complexity index is 1500. The van der Waals surface area contributed by atoms with Gasteiger partial charge in [0.15, 0.2) is 11.4 Å². The second-order valence-corrected chi connectivity index (χ2v) is 10.0. The highest BCUT2D eigenvalue weighted by atomic mass is 19.4. The summed E-state index contributed by atoms with van der Waals surface area (Å²) in [6.45, 7) is 3.57. The van der Waals surface area contributed by atoms with Gasteiger partial charge in [0, 0.05) is 43.5 Å². The van der Waals surface area contributed by atoms with E-state index in [1.165, 1.54) is 7.05 Å². The van der Waals surface area contributed by atoms with Crippen molar-refractivity contribution in [3.63, 3.8) is 0 Å². The minimum Gasteiger partial charge on any atom is -0.486 e. The Balaban J connectivity index is 1.41. The van der Waals surface area contributed by atoms with Crippen molar-refractivity contribution in [2.45, 2.75) is 63.4 Å². The largest absolute Gasteiger partial charge is 0.486 e. The summed E-state index contributed by atoms with van der Waals surface area (Å²) in [5, 5.41) is 26.5. The number of nitrogens with zero attached hydrogens (tertiary/aromatic N) is 8. The number of ether oxygens (including phenoxy) is 1. The number of fused-ring (bicyclic) bond motifs is 1. The van der Waals surface area contributed by atoms with Gasteiger partial charge in [-0.3, -0.25) is 14.0 Å². The Morgan fingerprint density at radius 2 is 1.84 bits per heavy atom. The van der Waals surface area contributed by atoms with Crippen LogP contribution in [0.25, 0.3) is 22.2 Å². The van der Waals surface area contributed by atoms with Crippen LogP contribution >= 0.6 is 0 Å². The maximum Gasteiger partial charge on any atom is 0.436 e. The Morgan fingerprint density at radius 3 is 2.50 bits per heavy atom. The highest BCUT2D eigenvalue weighted by molar-refractivity contribution is 5.93. The highest BCUT2D eigenvalue weighted by Crippen LogP contribution is 2.39. The van der Waals surface area contributed by atoms with Gasteiger partial charge in [0.25, 0.3) is 0 Å². The van der Waals surface area contributed by atoms with Gasteiger partial charge in [-0.25, -0.2) is 4.98 Å². The molecule has 1 saturated carbocycles. The van der Waals surface area contributed by atoms with Gasteiger partial charge in [0.1, 0.15) is 17.1 Å². The molecule has 0 saturated heterocycles. The summed E-state index contributed by atoms with van der Waals surface area (Å²) in [6, 6.07) is 4.20. The molecule has 4 heterocycles. The molecule has 0 aliphatic heterocycles. The summed E-state index contributed by atoms with van der Waals surface area (Å²) in [7, 11) is 3.05. The van der Waals surface area contributed by atoms with Gasteiger partial charge in [-0.15, -0.1) is 0 Å². The van der Waals surface area contributed by atoms with Crippen LogP contribution in [0.4, 0.5) is 19.0 Å². The molecule has 1 N–H and O–H groups in total. The zero-order valence-electron chi connectivity index (χ0n) is 21.5. The van der Waals surface area contributed by atoms with Crippen molar-refractivity contribution in [1.82, 2.24) is 34.3 Å². The molecule has 0 amide bonds. The maximum absolute atomic E-state index is 13.4. The molecule has 200 valence electrons. The van der Waals surface area contributed by atoms with E-state index in [0.29, 0.717) is 37.2 Å². The summed E-state index contributed by atoms with van der Waals surface area (Å²) in [4.78, 5) is 4.47. The van der Waals surface area contributed by atoms with E-state index in [1.54, 1.807) is 44.2 Å². The minimum atomic E-state index is -4.54. The molecule has 5 rings (SSSR count). The van der Waals surface area contributed by atoms with Crippen LogP contribution in [0.3, 0.4) is 0 Å². The highest BCUT2D eigenvalue weighted by Gasteiger charge is 2.39. The smallest absolute Gasteiger partial charge is 0.436 e. The van der Waals surface area contributed by atoms with Crippen LogP contribution in [0.15, 0.2) is 30.9 Å². The zero-order chi connectivity index (χ0) is 27.2. The fourth-order valence-corrected chi connectivity index (χ4v) is 4.88. The molecule has 0 aromatic carbocycles. The van der Waals surface area contributed by atoms with Crippen LogP contribution in [0.5, 0.6) is 5.75 Å². The first-order valence-electron chi connectivity index (χ1n) is 12.3. The van der Waals surface area contributed by atoms with Crippen LogP contribution in [0.2, 0.25) is 0 Å². The third-order valence-electron chi connectivity index (χ3n) is 7.01. The third-order valence-corrected chi connectivity index (χ3v) is 7.01. The predicted octanol–water partition coefficient (Wildman–Crippen LogP) is 4.91. The Labute approximate surface area is 217 Å². The standard InChI is InChI=1S/C25H28F3N9O/c1-24(2,14-29)36-13-15(10-33-36)22-18-11-31-21(30-3)9-19(18)37(34-22)16-5-7-17(8-6-16)38-20-12-32-35(4)23(20)25(26,27)28/h9-13,16-17H,5-8H2,1-4H3,(H,30,31). The van der Waals surface area contributed by atoms with E-state index >= 15 is 0 Å². The van der Waals surface area contributed by atoms with Crippen LogP contribution < -0.4 is 10.1 Å². The topological polar surface area (TPSA) is 111 Å². The number of aromatic nitrogens is 7. The molecule has 1 fully saturated rings. The van der Waals surface area contributed by atoms with Crippen molar-refractivity contribution in [2.75, 3.05) is 12.4 Å². The lowest BCUT2D eigenvalue weighted by atomic mass is 9.93. The molecule has 1 aliphatic carbocycles. The molecule has 0 radical (unpaired) electrons. The van der Waals surface area contributed by atoms with E-state index in [-0.39, 0.29) is 17.9 Å². The van der Waals surface area contributed by atoms with Crippen LogP contribution in [-0.4, -0.2) is 47.5 Å². The number of halogens is 3. The molecule has 0 spiro atoms. The van der Waals surface area contributed by atoms with E-state index in [9.17, 15) is 18.4 Å². The summed E-state index contributed by atoms with van der Waals surface area (Å²) >= 11 is 0. The number of hydrogen-bond donors (Lipinski definition) is 1. The number of anilines is 1. The van der Waals surface area contributed by atoms with Crippen molar-refractivity contribution < 1.29 is 17.9 Å². The number of alkyl halides is 3. The molecule has 0 atom stereocenters. The lowest BCUT2D eigenvalue weighted by molar-refractivity contribution is -0.145. The number of rotatable bonds is 6. The van der Waals surface area contributed by atoms with E-state index in [2.05, 4.69) is 26.6 Å². The first kappa shape index (κ1) is 25.6. The van der Waals surface area contributed by atoms with Gasteiger partial charge in [0.05, 0.1) is 36.1 Å². The van der Waals surface area contributed by atoms with E-state index in [1.807, 2.05) is 10.7 Å². The molecule has 0 bridgehead atoms. The van der Waals surface area contributed by atoms with Crippen LogP contribution in [0, 0.1) is 11.3 Å². The average Bonchev–Trinajstić information content (AvgIpc) is 3.61. The molecule has 10 nitrogen and oxygen atoms in total. The Kier molecular flexibility index (Phi) is 6.28. The van der Waals surface area contributed by atoms with Gasteiger partial charge in [-0.05, 0) is 39.5 Å². The van der Waals surface area contributed by atoms with Crippen molar-refractivity contribution in [2.24, 2.45) is 7.05 Å². The number of hydrogen-bond acceptors (Lipinski definition) is 7. The minimum absolute atomic E-state index is 0.0276. The lowest BCUT2D eigenvalue weighted by Gasteiger charge is -2.29. The Hall–Kier alpha value is -4.08. The zero-order valence-corrected chi connectivity index (χ0v) is 21.5. The van der Waals surface area contributed by atoms with Crippen molar-refractivity contribution in [1.29, 1.82) is 5.26 Å². The van der Waals surface area contributed by atoms with Gasteiger partial charge >= 0.3 is 6.18 Å². The van der Waals surface area contributed by atoms with Gasteiger partial charge < -0.3 is 10.1 Å². The molecule has 38 heavy (non-hydrogen) atoms. The summed E-state index contributed by atoms with van der Waals surface area (Å²) in [6.07, 6.45) is 4.01. The summed E-state index contributed by atoms with van der Waals surface area (Å²) < 4.78 is 50.5. The molecule has 4 aromatic heterocycles. The SMILES string of the molecule is CNc1cc2c(cn1)c(-c1cnn(C(C)(C)C#N)c1)nn2C1CCC(Oc2cnn(C)c2C(F)(F)F)CC1. The maximum atomic E-state index is 13.4. The number of pyridine rings is 1. The fourth-order valence-electron chi connectivity index (χ4n) is 4.88. The van der Waals surface area contributed by atoms with Crippen LogP contribution in [0.1, 0.15) is 51.3 Å². The lowest BCUT2D eigenvalue weighted by Crippen LogP contribution is -2.27. The second kappa shape index (κ2) is 9.34. The monoisotopic (exact) mass is 527 g/mol. The Morgan fingerprint density at radius 1 is 1.11 bits per heavy atom. The van der Waals surface area contributed by atoms with E-state index in [4.69, 9.17) is 9.84 Å². The first-order chi connectivity index (χ1) is 18.0. The van der Waals surface area contributed by atoms with Gasteiger partial charge in [-0.2, -0.15) is 33.7 Å². The molecule has 1 aliphatic rings. The second-order valence-electron chi connectivity index (χ2n) is 10.0. The summed E-state index contributed by atoms with van der Waals surface area (Å²) in [5.41, 5.74) is 0.674. The van der Waals surface area contributed by atoms with E-state index < -0.39 is 17.4 Å². The van der Waals surface area contributed by atoms with Crippen molar-refractivity contribution in [3.8, 4) is 23.1 Å². The molecule has 0 unspecified atom stereocenters. The number of aryl methyl sites for hydroxylation is 1.